The smallest absolute Gasteiger partial charge is 0.231 e. The number of aliphatic hydroxyl groups is 1. The van der Waals surface area contributed by atoms with Crippen LogP contribution in [-0.4, -0.2) is 23.7 Å². The van der Waals surface area contributed by atoms with Crippen molar-refractivity contribution in [2.45, 2.75) is 69.3 Å². The minimum atomic E-state index is -0.383. The van der Waals surface area contributed by atoms with Crippen LogP contribution in [-0.2, 0) is 10.2 Å². The minimum absolute atomic E-state index is 0.127. The molecule has 0 aromatic carbocycles. The summed E-state index contributed by atoms with van der Waals surface area (Å²) in [4.78, 5) is 14.0. The molecule has 3 nitrogen and oxygen atoms in total. The highest BCUT2D eigenvalue weighted by Gasteiger charge is 2.43. The van der Waals surface area contributed by atoms with Gasteiger partial charge in [0, 0.05) is 11.4 Å². The predicted octanol–water partition coefficient (Wildman–Crippen LogP) is 3.62. The lowest BCUT2D eigenvalue weighted by Gasteiger charge is -2.30. The normalized spacial score (nSPS) is 23.3. The Kier molecular flexibility index (Phi) is 5.19. The van der Waals surface area contributed by atoms with Gasteiger partial charge in [-0.1, -0.05) is 38.2 Å². The molecule has 22 heavy (non-hydrogen) atoms. The van der Waals surface area contributed by atoms with Crippen LogP contribution in [0.5, 0.6) is 0 Å². The van der Waals surface area contributed by atoms with Gasteiger partial charge in [0.1, 0.15) is 0 Å². The summed E-state index contributed by atoms with van der Waals surface area (Å²) in [6, 6.07) is 4.12. The topological polar surface area (TPSA) is 49.3 Å². The van der Waals surface area contributed by atoms with Gasteiger partial charge in [-0.15, -0.1) is 11.3 Å². The third-order valence-electron chi connectivity index (χ3n) is 5.55. The van der Waals surface area contributed by atoms with Gasteiger partial charge in [0.25, 0.3) is 0 Å². The summed E-state index contributed by atoms with van der Waals surface area (Å²) in [6.07, 6.45) is 9.68. The third kappa shape index (κ3) is 3.23. The Balaban J connectivity index is 1.60. The summed E-state index contributed by atoms with van der Waals surface area (Å²) in [5, 5.41) is 15.5. The number of carbonyl (C=O) groups excluding carboxylic acids is 1. The SMILES string of the molecule is O=C(NC[C@H](O)C1CCCCC1)C1(c2cccs2)CCCC1. The number of amides is 1. The summed E-state index contributed by atoms with van der Waals surface area (Å²) in [5.74, 6) is 0.498. The molecule has 2 N–H and O–H groups in total. The average molecular weight is 321 g/mol. The van der Waals surface area contributed by atoms with E-state index in [1.807, 2.05) is 6.07 Å². The van der Waals surface area contributed by atoms with E-state index in [1.54, 1.807) is 11.3 Å². The molecule has 2 saturated carbocycles. The number of rotatable bonds is 5. The molecular formula is C18H27NO2S. The lowest BCUT2D eigenvalue weighted by Crippen LogP contribution is -2.46. The first-order chi connectivity index (χ1) is 10.7. The summed E-state index contributed by atoms with van der Waals surface area (Å²) >= 11 is 1.69. The summed E-state index contributed by atoms with van der Waals surface area (Å²) < 4.78 is 0. The number of thiophene rings is 1. The van der Waals surface area contributed by atoms with Gasteiger partial charge in [0.05, 0.1) is 11.5 Å². The van der Waals surface area contributed by atoms with Gasteiger partial charge in [-0.05, 0) is 43.0 Å². The standard InChI is InChI=1S/C18H27NO2S/c20-15(14-7-2-1-3-8-14)13-19-17(21)18(10-4-5-11-18)16-9-6-12-22-16/h6,9,12,14-15,20H,1-5,7-8,10-11,13H2,(H,19,21)/t15-/m0/s1. The Morgan fingerprint density at radius 2 is 2.00 bits per heavy atom. The molecule has 2 fully saturated rings. The van der Waals surface area contributed by atoms with E-state index in [0.717, 1.165) is 38.5 Å². The first-order valence-corrected chi connectivity index (χ1v) is 9.61. The second-order valence-electron chi connectivity index (χ2n) is 6.94. The van der Waals surface area contributed by atoms with Crippen molar-refractivity contribution >= 4 is 17.2 Å². The van der Waals surface area contributed by atoms with Crippen LogP contribution >= 0.6 is 11.3 Å². The Labute approximate surface area is 137 Å². The highest BCUT2D eigenvalue weighted by molar-refractivity contribution is 7.10. The van der Waals surface area contributed by atoms with Gasteiger partial charge in [0.15, 0.2) is 0 Å². The molecule has 122 valence electrons. The van der Waals surface area contributed by atoms with E-state index in [-0.39, 0.29) is 17.4 Å². The van der Waals surface area contributed by atoms with Crippen LogP contribution in [0.15, 0.2) is 17.5 Å². The zero-order valence-electron chi connectivity index (χ0n) is 13.2. The molecule has 0 spiro atoms. The number of nitrogens with one attached hydrogen (secondary N) is 1. The Hall–Kier alpha value is -0.870. The Morgan fingerprint density at radius 1 is 1.27 bits per heavy atom. The number of hydrogen-bond acceptors (Lipinski definition) is 3. The Bertz CT molecular complexity index is 473. The molecule has 0 bridgehead atoms. The molecule has 4 heteroatoms. The van der Waals surface area contributed by atoms with Crippen molar-refractivity contribution in [1.82, 2.24) is 5.32 Å². The maximum atomic E-state index is 12.8. The second-order valence-corrected chi connectivity index (χ2v) is 7.89. The molecule has 1 atom stereocenters. The fraction of sp³-hybridized carbons (Fsp3) is 0.722. The van der Waals surface area contributed by atoms with Crippen LogP contribution in [0.2, 0.25) is 0 Å². The first kappa shape index (κ1) is 16.0. The fourth-order valence-corrected chi connectivity index (χ4v) is 5.15. The van der Waals surface area contributed by atoms with Crippen molar-refractivity contribution in [2.75, 3.05) is 6.54 Å². The molecule has 1 heterocycles. The molecule has 0 unspecified atom stereocenters. The molecule has 2 aliphatic carbocycles. The predicted molar refractivity (Wildman–Crippen MR) is 90.1 cm³/mol. The van der Waals surface area contributed by atoms with Gasteiger partial charge >= 0.3 is 0 Å². The largest absolute Gasteiger partial charge is 0.391 e. The number of carbonyl (C=O) groups is 1. The molecule has 1 aromatic heterocycles. The van der Waals surface area contributed by atoms with E-state index in [4.69, 9.17) is 0 Å². The lowest BCUT2D eigenvalue weighted by molar-refractivity contribution is -0.127. The fourth-order valence-electron chi connectivity index (χ4n) is 4.17. The van der Waals surface area contributed by atoms with E-state index in [1.165, 1.54) is 24.1 Å². The van der Waals surface area contributed by atoms with Crippen molar-refractivity contribution in [1.29, 1.82) is 0 Å². The minimum Gasteiger partial charge on any atom is -0.391 e. The molecule has 0 saturated heterocycles. The van der Waals surface area contributed by atoms with Crippen molar-refractivity contribution < 1.29 is 9.90 Å². The first-order valence-electron chi connectivity index (χ1n) is 8.73. The van der Waals surface area contributed by atoms with Crippen LogP contribution in [0.25, 0.3) is 0 Å². The molecular weight excluding hydrogens is 294 g/mol. The maximum Gasteiger partial charge on any atom is 0.231 e. The monoisotopic (exact) mass is 321 g/mol. The van der Waals surface area contributed by atoms with E-state index < -0.39 is 0 Å². The molecule has 2 aliphatic rings. The van der Waals surface area contributed by atoms with E-state index >= 15 is 0 Å². The number of aliphatic hydroxyl groups excluding tert-OH is 1. The molecule has 0 radical (unpaired) electrons. The molecule has 0 aliphatic heterocycles. The second kappa shape index (κ2) is 7.14. The molecule has 1 amide bonds. The average Bonchev–Trinajstić information content (AvgIpc) is 3.24. The van der Waals surface area contributed by atoms with E-state index in [2.05, 4.69) is 16.8 Å². The maximum absolute atomic E-state index is 12.8. The van der Waals surface area contributed by atoms with Crippen molar-refractivity contribution in [3.05, 3.63) is 22.4 Å². The Morgan fingerprint density at radius 3 is 2.64 bits per heavy atom. The lowest BCUT2D eigenvalue weighted by atomic mass is 9.82. The highest BCUT2D eigenvalue weighted by Crippen LogP contribution is 2.43. The molecule has 1 aromatic rings. The van der Waals surface area contributed by atoms with Crippen LogP contribution in [0.3, 0.4) is 0 Å². The van der Waals surface area contributed by atoms with E-state index in [9.17, 15) is 9.90 Å². The van der Waals surface area contributed by atoms with Crippen LogP contribution in [0.4, 0.5) is 0 Å². The third-order valence-corrected chi connectivity index (χ3v) is 6.62. The van der Waals surface area contributed by atoms with Gasteiger partial charge in [-0.25, -0.2) is 0 Å². The van der Waals surface area contributed by atoms with Crippen molar-refractivity contribution in [3.63, 3.8) is 0 Å². The quantitative estimate of drug-likeness (QED) is 0.870. The van der Waals surface area contributed by atoms with Gasteiger partial charge in [-0.3, -0.25) is 4.79 Å². The van der Waals surface area contributed by atoms with Crippen LogP contribution in [0, 0.1) is 5.92 Å². The summed E-state index contributed by atoms with van der Waals surface area (Å²) in [5.41, 5.74) is -0.333. The van der Waals surface area contributed by atoms with Crippen molar-refractivity contribution in [2.24, 2.45) is 5.92 Å². The molecule has 3 rings (SSSR count). The van der Waals surface area contributed by atoms with Gasteiger partial charge in [-0.2, -0.15) is 0 Å². The summed E-state index contributed by atoms with van der Waals surface area (Å²) in [6.45, 7) is 0.413. The zero-order chi connectivity index (χ0) is 15.4. The van der Waals surface area contributed by atoms with E-state index in [0.29, 0.717) is 12.5 Å². The van der Waals surface area contributed by atoms with Gasteiger partial charge in [0.2, 0.25) is 5.91 Å². The summed E-state index contributed by atoms with van der Waals surface area (Å²) in [7, 11) is 0. The van der Waals surface area contributed by atoms with Crippen LogP contribution < -0.4 is 5.32 Å². The highest BCUT2D eigenvalue weighted by atomic mass is 32.1. The van der Waals surface area contributed by atoms with Gasteiger partial charge < -0.3 is 10.4 Å². The number of hydrogen-bond donors (Lipinski definition) is 2. The zero-order valence-corrected chi connectivity index (χ0v) is 14.0. The van der Waals surface area contributed by atoms with Crippen LogP contribution in [0.1, 0.15) is 62.7 Å². The van der Waals surface area contributed by atoms with Crippen molar-refractivity contribution in [3.8, 4) is 0 Å².